The van der Waals surface area contributed by atoms with E-state index in [-0.39, 0.29) is 18.0 Å². The highest BCUT2D eigenvalue weighted by molar-refractivity contribution is 7.12. The van der Waals surface area contributed by atoms with E-state index >= 15 is 0 Å². The van der Waals surface area contributed by atoms with Crippen LogP contribution in [0.25, 0.3) is 0 Å². The van der Waals surface area contributed by atoms with Crippen molar-refractivity contribution >= 4 is 23.2 Å². The Labute approximate surface area is 126 Å². The fourth-order valence-corrected chi connectivity index (χ4v) is 2.90. The number of aromatic carboxylic acids is 1. The minimum absolute atomic E-state index is 0.0252. The Morgan fingerprint density at radius 2 is 2.05 bits per heavy atom. The highest BCUT2D eigenvalue weighted by atomic mass is 32.1. The fourth-order valence-electron chi connectivity index (χ4n) is 2.02. The molecule has 2 aromatic rings. The molecule has 2 heterocycles. The number of carboxylic acid groups (broad SMARTS) is 1. The first-order chi connectivity index (χ1) is 9.86. The van der Waals surface area contributed by atoms with Crippen molar-refractivity contribution in [2.24, 2.45) is 0 Å². The summed E-state index contributed by atoms with van der Waals surface area (Å²) in [6, 6.07) is 5.41. The maximum Gasteiger partial charge on any atom is 0.339 e. The lowest BCUT2D eigenvalue weighted by Gasteiger charge is -2.15. The number of nitrogens with zero attached hydrogens (tertiary/aromatic N) is 1. The monoisotopic (exact) mass is 307 g/mol. The molecule has 1 N–H and O–H groups in total. The van der Waals surface area contributed by atoms with Crippen molar-refractivity contribution in [3.05, 3.63) is 45.0 Å². The molecule has 0 bridgehead atoms. The average molecular weight is 307 g/mol. The van der Waals surface area contributed by atoms with Gasteiger partial charge in [-0.3, -0.25) is 4.79 Å². The Bertz CT molecular complexity index is 671. The number of aryl methyl sites for hydroxylation is 2. The van der Waals surface area contributed by atoms with Gasteiger partial charge in [-0.1, -0.05) is 0 Å². The molecule has 112 valence electrons. The van der Waals surface area contributed by atoms with Gasteiger partial charge in [0.1, 0.15) is 17.1 Å². The molecule has 0 aliphatic heterocycles. The van der Waals surface area contributed by atoms with Crippen LogP contribution in [0, 0.1) is 13.8 Å². The first-order valence-corrected chi connectivity index (χ1v) is 7.30. The molecule has 0 radical (unpaired) electrons. The summed E-state index contributed by atoms with van der Waals surface area (Å²) in [4.78, 5) is 26.8. The lowest BCUT2D eigenvalue weighted by Crippen LogP contribution is -2.27. The van der Waals surface area contributed by atoms with E-state index < -0.39 is 5.97 Å². The summed E-state index contributed by atoms with van der Waals surface area (Å²) in [5.41, 5.74) is 0.139. The lowest BCUT2D eigenvalue weighted by molar-refractivity contribution is -0.129. The maximum atomic E-state index is 12.1. The van der Waals surface area contributed by atoms with Crippen LogP contribution in [-0.4, -0.2) is 28.9 Å². The second kappa shape index (κ2) is 6.13. The highest BCUT2D eigenvalue weighted by Crippen LogP contribution is 2.18. The molecule has 0 aliphatic rings. The van der Waals surface area contributed by atoms with Crippen molar-refractivity contribution in [2.75, 3.05) is 7.05 Å². The molecule has 6 heteroatoms. The molecule has 0 spiro atoms. The highest BCUT2D eigenvalue weighted by Gasteiger charge is 2.17. The van der Waals surface area contributed by atoms with E-state index in [1.165, 1.54) is 10.9 Å². The maximum absolute atomic E-state index is 12.1. The number of carbonyl (C=O) groups excluding carboxylic acids is 1. The molecule has 0 atom stereocenters. The largest absolute Gasteiger partial charge is 0.478 e. The number of furan rings is 1. The van der Waals surface area contributed by atoms with Crippen LogP contribution in [0.2, 0.25) is 0 Å². The molecule has 0 saturated carbocycles. The van der Waals surface area contributed by atoms with Crippen molar-refractivity contribution in [1.29, 1.82) is 0 Å². The van der Waals surface area contributed by atoms with Crippen LogP contribution in [0.5, 0.6) is 0 Å². The topological polar surface area (TPSA) is 70.8 Å². The molecule has 0 saturated heterocycles. The average Bonchev–Trinajstić information content (AvgIpc) is 2.95. The van der Waals surface area contributed by atoms with Crippen molar-refractivity contribution in [3.8, 4) is 0 Å². The van der Waals surface area contributed by atoms with Crippen LogP contribution in [0.1, 0.15) is 31.6 Å². The van der Waals surface area contributed by atoms with Crippen LogP contribution >= 0.6 is 11.3 Å². The number of likely N-dealkylation sites (N-methyl/N-ethyl adjacent to an activating group) is 1. The van der Waals surface area contributed by atoms with Gasteiger partial charge in [-0.25, -0.2) is 4.79 Å². The van der Waals surface area contributed by atoms with E-state index in [0.717, 1.165) is 4.88 Å². The van der Waals surface area contributed by atoms with E-state index in [1.807, 2.05) is 19.1 Å². The molecular formula is C15H17NO4S. The Morgan fingerprint density at radius 3 is 2.57 bits per heavy atom. The Kier molecular flexibility index (Phi) is 4.47. The summed E-state index contributed by atoms with van der Waals surface area (Å²) in [5, 5.41) is 8.98. The zero-order valence-electron chi connectivity index (χ0n) is 12.2. The Morgan fingerprint density at radius 1 is 1.33 bits per heavy atom. The Balaban J connectivity index is 2.00. The van der Waals surface area contributed by atoms with Crippen molar-refractivity contribution in [1.82, 2.24) is 4.90 Å². The van der Waals surface area contributed by atoms with Gasteiger partial charge >= 0.3 is 5.97 Å². The number of hydrogen-bond donors (Lipinski definition) is 1. The molecule has 0 fully saturated rings. The summed E-state index contributed by atoms with van der Waals surface area (Å²) in [6.07, 6.45) is 0.348. The van der Waals surface area contributed by atoms with Crippen LogP contribution in [0.4, 0.5) is 0 Å². The van der Waals surface area contributed by atoms with Crippen molar-refractivity contribution < 1.29 is 19.1 Å². The van der Waals surface area contributed by atoms with Crippen LogP contribution < -0.4 is 0 Å². The van der Waals surface area contributed by atoms with E-state index in [0.29, 0.717) is 17.9 Å². The summed E-state index contributed by atoms with van der Waals surface area (Å²) < 4.78 is 5.38. The van der Waals surface area contributed by atoms with Gasteiger partial charge < -0.3 is 14.4 Å². The fraction of sp³-hybridized carbons (Fsp3) is 0.333. The second-order valence-corrected chi connectivity index (χ2v) is 6.30. The van der Waals surface area contributed by atoms with Gasteiger partial charge in [0.05, 0.1) is 13.0 Å². The number of carbonyl (C=O) groups is 2. The number of amides is 1. The third kappa shape index (κ3) is 3.72. The van der Waals surface area contributed by atoms with Gasteiger partial charge in [0.15, 0.2) is 0 Å². The standard InChI is InChI=1S/C15H17NO4S/c1-9-4-5-12(21-9)7-14(17)16(3)8-11-6-13(15(18)19)10(2)20-11/h4-6H,7-8H2,1-3H3,(H,18,19). The lowest BCUT2D eigenvalue weighted by atomic mass is 10.2. The van der Waals surface area contributed by atoms with E-state index in [4.69, 9.17) is 9.52 Å². The van der Waals surface area contributed by atoms with E-state index in [9.17, 15) is 9.59 Å². The van der Waals surface area contributed by atoms with Gasteiger partial charge in [0, 0.05) is 16.8 Å². The number of rotatable bonds is 5. The molecule has 2 aromatic heterocycles. The summed E-state index contributed by atoms with van der Waals surface area (Å²) in [6.45, 7) is 3.86. The molecule has 5 nitrogen and oxygen atoms in total. The van der Waals surface area contributed by atoms with Gasteiger partial charge in [-0.2, -0.15) is 0 Å². The zero-order valence-corrected chi connectivity index (χ0v) is 13.0. The molecule has 1 amide bonds. The predicted octanol–water partition coefficient (Wildman–Crippen LogP) is 2.86. The first-order valence-electron chi connectivity index (χ1n) is 6.48. The third-order valence-electron chi connectivity index (χ3n) is 3.14. The summed E-state index contributed by atoms with van der Waals surface area (Å²) in [5.74, 6) is -0.219. The molecule has 2 rings (SSSR count). The quantitative estimate of drug-likeness (QED) is 0.922. The molecule has 21 heavy (non-hydrogen) atoms. The minimum atomic E-state index is -1.02. The molecule has 0 unspecified atom stereocenters. The zero-order chi connectivity index (χ0) is 15.6. The van der Waals surface area contributed by atoms with Crippen LogP contribution in [0.3, 0.4) is 0 Å². The van der Waals surface area contributed by atoms with Gasteiger partial charge in [-0.15, -0.1) is 11.3 Å². The van der Waals surface area contributed by atoms with Crippen LogP contribution in [0.15, 0.2) is 22.6 Å². The minimum Gasteiger partial charge on any atom is -0.478 e. The number of thiophene rings is 1. The van der Waals surface area contributed by atoms with E-state index in [2.05, 4.69) is 0 Å². The molecule has 0 aromatic carbocycles. The molecule has 0 aliphatic carbocycles. The van der Waals surface area contributed by atoms with E-state index in [1.54, 1.807) is 30.2 Å². The van der Waals surface area contributed by atoms with Crippen molar-refractivity contribution in [2.45, 2.75) is 26.8 Å². The SMILES string of the molecule is Cc1ccc(CC(=O)N(C)Cc2cc(C(=O)O)c(C)o2)s1. The summed E-state index contributed by atoms with van der Waals surface area (Å²) in [7, 11) is 1.68. The van der Waals surface area contributed by atoms with Gasteiger partial charge in [0.2, 0.25) is 5.91 Å². The number of carboxylic acids is 1. The Hall–Kier alpha value is -2.08. The van der Waals surface area contributed by atoms with Gasteiger partial charge in [-0.05, 0) is 32.0 Å². The smallest absolute Gasteiger partial charge is 0.339 e. The second-order valence-electron chi connectivity index (χ2n) is 4.93. The summed E-state index contributed by atoms with van der Waals surface area (Å²) >= 11 is 1.60. The normalized spacial score (nSPS) is 10.6. The third-order valence-corrected chi connectivity index (χ3v) is 4.14. The number of hydrogen-bond acceptors (Lipinski definition) is 4. The van der Waals surface area contributed by atoms with Gasteiger partial charge in [0.25, 0.3) is 0 Å². The molecular weight excluding hydrogens is 290 g/mol. The van der Waals surface area contributed by atoms with Crippen molar-refractivity contribution in [3.63, 3.8) is 0 Å². The van der Waals surface area contributed by atoms with Crippen LogP contribution in [-0.2, 0) is 17.8 Å². The first kappa shape index (κ1) is 15.3. The predicted molar refractivity (Wildman–Crippen MR) is 79.6 cm³/mol.